The molecule has 1 heterocycles. The molecule has 0 aromatic heterocycles. The van der Waals surface area contributed by atoms with Gasteiger partial charge >= 0.3 is 12.3 Å². The van der Waals surface area contributed by atoms with E-state index in [9.17, 15) is 31.5 Å². The molecule has 0 radical (unpaired) electrons. The summed E-state index contributed by atoms with van der Waals surface area (Å²) in [6.45, 7) is 4.10. The van der Waals surface area contributed by atoms with Gasteiger partial charge in [0.05, 0.1) is 5.92 Å². The number of fused-ring (bicyclic) bond motifs is 1. The molecule has 1 aliphatic carbocycles. The van der Waals surface area contributed by atoms with Gasteiger partial charge in [0.2, 0.25) is 10.0 Å². The molecule has 184 valence electrons. The molecule has 2 aromatic carbocycles. The Morgan fingerprint density at radius 3 is 2.18 bits per heavy atom. The van der Waals surface area contributed by atoms with E-state index in [1.807, 2.05) is 4.90 Å². The molecule has 1 saturated heterocycles. The van der Waals surface area contributed by atoms with Gasteiger partial charge in [0, 0.05) is 30.9 Å². The van der Waals surface area contributed by atoms with Crippen molar-refractivity contribution < 1.29 is 36.2 Å². The van der Waals surface area contributed by atoms with Crippen LogP contribution in [-0.4, -0.2) is 55.3 Å². The molecule has 2 aliphatic rings. The predicted octanol–water partition coefficient (Wildman–Crippen LogP) is 3.81. The van der Waals surface area contributed by atoms with Crippen LogP contribution in [-0.2, 0) is 21.2 Å². The highest BCUT2D eigenvalue weighted by Crippen LogP contribution is 2.44. The second-order valence-electron chi connectivity index (χ2n) is 8.79. The first-order valence-electron chi connectivity index (χ1n) is 10.8. The van der Waals surface area contributed by atoms with E-state index in [0.29, 0.717) is 24.3 Å². The van der Waals surface area contributed by atoms with Gasteiger partial charge in [-0.25, -0.2) is 8.42 Å². The molecule has 1 aliphatic heterocycles. The zero-order valence-electron chi connectivity index (χ0n) is 18.6. The van der Waals surface area contributed by atoms with Crippen LogP contribution in [0.1, 0.15) is 30.2 Å². The van der Waals surface area contributed by atoms with Crippen LogP contribution in [0.3, 0.4) is 0 Å². The number of aliphatic carboxylic acids is 1. The number of hydrogen-bond acceptors (Lipinski definition) is 5. The fourth-order valence-electron chi connectivity index (χ4n) is 5.15. The van der Waals surface area contributed by atoms with E-state index in [0.717, 1.165) is 5.56 Å². The van der Waals surface area contributed by atoms with Gasteiger partial charge in [-0.2, -0.15) is 4.31 Å². The molecule has 11 heteroatoms. The van der Waals surface area contributed by atoms with Gasteiger partial charge in [0.15, 0.2) is 0 Å². The highest BCUT2D eigenvalue weighted by atomic mass is 32.2. The molecule has 0 spiro atoms. The van der Waals surface area contributed by atoms with Crippen molar-refractivity contribution in [3.8, 4) is 5.75 Å². The van der Waals surface area contributed by atoms with Crippen LogP contribution in [0, 0.1) is 5.92 Å². The number of sulfonamides is 1. The Morgan fingerprint density at radius 1 is 1.03 bits per heavy atom. The Bertz CT molecular complexity index is 1160. The lowest BCUT2D eigenvalue weighted by Gasteiger charge is -2.45. The zero-order chi connectivity index (χ0) is 24.8. The van der Waals surface area contributed by atoms with Crippen molar-refractivity contribution in [2.75, 3.05) is 18.0 Å². The van der Waals surface area contributed by atoms with E-state index in [1.165, 1.54) is 28.6 Å². The molecule has 0 amide bonds. The van der Waals surface area contributed by atoms with Crippen LogP contribution in [0.25, 0.3) is 0 Å². The fraction of sp³-hybridized carbons (Fsp3) is 0.435. The number of carboxylic acid groups (broad SMARTS) is 1. The van der Waals surface area contributed by atoms with Crippen LogP contribution in [0.2, 0.25) is 0 Å². The quantitative estimate of drug-likeness (QED) is 0.675. The molecule has 4 atom stereocenters. The van der Waals surface area contributed by atoms with E-state index < -0.39 is 45.6 Å². The number of halogens is 3. The third-order valence-corrected chi connectivity index (χ3v) is 8.90. The fourth-order valence-corrected chi connectivity index (χ4v) is 7.73. The van der Waals surface area contributed by atoms with Crippen LogP contribution >= 0.6 is 0 Å². The lowest BCUT2D eigenvalue weighted by molar-refractivity contribution is -0.274. The Kier molecular flexibility index (Phi) is 6.28. The van der Waals surface area contributed by atoms with Crippen molar-refractivity contribution in [1.29, 1.82) is 0 Å². The Morgan fingerprint density at radius 2 is 1.62 bits per heavy atom. The summed E-state index contributed by atoms with van der Waals surface area (Å²) >= 11 is 0. The number of alkyl halides is 3. The molecule has 2 unspecified atom stereocenters. The Hall–Kier alpha value is -2.79. The molecule has 1 N–H and O–H groups in total. The van der Waals surface area contributed by atoms with Crippen molar-refractivity contribution in [1.82, 2.24) is 4.31 Å². The summed E-state index contributed by atoms with van der Waals surface area (Å²) in [6, 6.07) is 11.4. The van der Waals surface area contributed by atoms with Gasteiger partial charge in [-0.05, 0) is 55.7 Å². The standard InChI is InChI=1S/C23H25F3N2O5S/c1-14-12-27(17-7-9-18(10-8-17)33-23(24,25)26)13-15(2)28(14)34(31,32)21-19-6-4-3-5-16(19)11-20(21)22(29)30/h3-10,14-15,20-21H,11-13H2,1-2H3,(H,29,30)/t14?,15?,20-,21+/m0/s1. The first kappa shape index (κ1) is 24.3. The number of piperazine rings is 1. The number of carboxylic acids is 1. The van der Waals surface area contributed by atoms with Crippen molar-refractivity contribution >= 4 is 21.7 Å². The van der Waals surface area contributed by atoms with Gasteiger partial charge in [-0.3, -0.25) is 4.79 Å². The van der Waals surface area contributed by atoms with Crippen LogP contribution in [0.15, 0.2) is 48.5 Å². The smallest absolute Gasteiger partial charge is 0.481 e. The van der Waals surface area contributed by atoms with Gasteiger partial charge in [0.25, 0.3) is 0 Å². The topological polar surface area (TPSA) is 87.2 Å². The van der Waals surface area contributed by atoms with Crippen LogP contribution in [0.5, 0.6) is 5.75 Å². The maximum absolute atomic E-state index is 13.8. The summed E-state index contributed by atoms with van der Waals surface area (Å²) in [7, 11) is -4.02. The molecule has 7 nitrogen and oxygen atoms in total. The minimum absolute atomic E-state index is 0.157. The number of benzene rings is 2. The van der Waals surface area contributed by atoms with E-state index in [-0.39, 0.29) is 12.2 Å². The van der Waals surface area contributed by atoms with Crippen molar-refractivity contribution in [3.05, 3.63) is 59.7 Å². The molecular formula is C23H25F3N2O5S. The average molecular weight is 499 g/mol. The van der Waals surface area contributed by atoms with Crippen molar-refractivity contribution in [2.45, 2.75) is 44.0 Å². The minimum atomic E-state index is -4.78. The number of hydrogen-bond donors (Lipinski definition) is 1. The van der Waals surface area contributed by atoms with Crippen molar-refractivity contribution in [2.24, 2.45) is 5.92 Å². The summed E-state index contributed by atoms with van der Waals surface area (Å²) in [5.74, 6) is -2.55. The summed E-state index contributed by atoms with van der Waals surface area (Å²) in [4.78, 5) is 13.9. The van der Waals surface area contributed by atoms with Gasteiger partial charge in [0.1, 0.15) is 11.0 Å². The third kappa shape index (κ3) is 4.58. The summed E-state index contributed by atoms with van der Waals surface area (Å²) < 4.78 is 70.2. The third-order valence-electron chi connectivity index (χ3n) is 6.37. The van der Waals surface area contributed by atoms with Gasteiger partial charge in [-0.1, -0.05) is 24.3 Å². The van der Waals surface area contributed by atoms with Crippen LogP contribution in [0.4, 0.5) is 18.9 Å². The largest absolute Gasteiger partial charge is 0.573 e. The highest BCUT2D eigenvalue weighted by molar-refractivity contribution is 7.89. The summed E-state index contributed by atoms with van der Waals surface area (Å²) in [6.07, 6.45) is -4.62. The lowest BCUT2D eigenvalue weighted by atomic mass is 10.1. The van der Waals surface area contributed by atoms with E-state index in [4.69, 9.17) is 0 Å². The Balaban J connectivity index is 1.57. The SMILES string of the molecule is CC1CN(c2ccc(OC(F)(F)F)cc2)CC(C)N1S(=O)(=O)[C@@H]1c2ccccc2C[C@@H]1C(=O)O. The molecular weight excluding hydrogens is 473 g/mol. The number of ether oxygens (including phenoxy) is 1. The van der Waals surface area contributed by atoms with Crippen molar-refractivity contribution in [3.63, 3.8) is 0 Å². The highest BCUT2D eigenvalue weighted by Gasteiger charge is 2.50. The molecule has 2 aromatic rings. The summed E-state index contributed by atoms with van der Waals surface area (Å²) in [5.41, 5.74) is 1.89. The summed E-state index contributed by atoms with van der Waals surface area (Å²) in [5, 5.41) is 8.59. The average Bonchev–Trinajstić information content (AvgIpc) is 3.13. The Labute approximate surface area is 195 Å². The lowest BCUT2D eigenvalue weighted by Crippen LogP contribution is -2.59. The maximum Gasteiger partial charge on any atom is 0.573 e. The molecule has 4 rings (SSSR count). The monoisotopic (exact) mass is 498 g/mol. The number of nitrogens with zero attached hydrogens (tertiary/aromatic N) is 2. The molecule has 0 saturated carbocycles. The maximum atomic E-state index is 13.8. The predicted molar refractivity (Wildman–Crippen MR) is 119 cm³/mol. The zero-order valence-corrected chi connectivity index (χ0v) is 19.4. The molecule has 0 bridgehead atoms. The van der Waals surface area contributed by atoms with E-state index in [2.05, 4.69) is 4.74 Å². The number of anilines is 1. The first-order chi connectivity index (χ1) is 15.9. The van der Waals surface area contributed by atoms with Gasteiger partial charge < -0.3 is 14.7 Å². The normalized spacial score (nSPS) is 25.7. The number of rotatable bonds is 5. The molecule has 34 heavy (non-hydrogen) atoms. The molecule has 1 fully saturated rings. The van der Waals surface area contributed by atoms with Crippen LogP contribution < -0.4 is 9.64 Å². The van der Waals surface area contributed by atoms with E-state index >= 15 is 0 Å². The van der Waals surface area contributed by atoms with E-state index in [1.54, 1.807) is 38.1 Å². The number of carbonyl (C=O) groups is 1. The minimum Gasteiger partial charge on any atom is -0.481 e. The second-order valence-corrected chi connectivity index (χ2v) is 10.7. The first-order valence-corrected chi connectivity index (χ1v) is 12.3. The van der Waals surface area contributed by atoms with Gasteiger partial charge in [-0.15, -0.1) is 13.2 Å². The second kappa shape index (κ2) is 8.77.